The van der Waals surface area contributed by atoms with Crippen LogP contribution in [0.5, 0.6) is 5.75 Å². The summed E-state index contributed by atoms with van der Waals surface area (Å²) in [5, 5.41) is 8.67. The fourth-order valence-corrected chi connectivity index (χ4v) is 15.3. The molecular weight excluding hydrogens is 1250 g/mol. The number of hydrogen-bond donors (Lipinski definition) is 4. The Labute approximate surface area is 581 Å². The van der Waals surface area contributed by atoms with Gasteiger partial charge in [-0.1, -0.05) is 174 Å². The number of methoxy groups -OCH3 is 2. The lowest BCUT2D eigenvalue weighted by atomic mass is 9.81. The average molecular weight is 1370 g/mol. The molecule has 7 amide bonds. The number of likely N-dealkylation sites (N-methyl/N-ethyl adjacent to an activating group) is 2. The maximum absolute atomic E-state index is 14.8. The van der Waals surface area contributed by atoms with Crippen LogP contribution in [0.1, 0.15) is 171 Å². The van der Waals surface area contributed by atoms with Gasteiger partial charge in [0.2, 0.25) is 39.6 Å². The minimum atomic E-state index is -4.03. The van der Waals surface area contributed by atoms with Gasteiger partial charge in [0.1, 0.15) is 17.8 Å². The number of carbonyl (C=O) groups is 7. The third kappa shape index (κ3) is 23.8. The number of allylic oxidation sites excluding steroid dienone is 3. The SMILES string of the molecule is C/C=C\C(CC(C)C)(NC(=O)C1CCN(C(=O)Oc2ccc(C[C@H](NC(=O)[C@H](C)[C@@H](OC)[C@@H]3CCCN3C(=O)C[C@@H](OC)C([C@@H](C)CC)N(C)C(=O)[C@@H](NC(=O)[C@H](C(C)C)N(C)CC(C)CC/C=C\CC)C(C)C)C(=O)NS(=O)(=O)C3CC3)cc2)CC1)c1ccccccccc1. The number of benzene rings is 1. The van der Waals surface area contributed by atoms with E-state index in [0.717, 1.165) is 31.4 Å². The summed E-state index contributed by atoms with van der Waals surface area (Å²) < 4.78 is 46.7. The van der Waals surface area contributed by atoms with Gasteiger partial charge in [-0.05, 0) is 131 Å². The number of rotatable bonds is 36. The standard InChI is InChI=1S/C76H118N8O12S/c1-17-20-21-27-31-54(10)50-81(13)67(53(8)9)73(89)78-66(52(6)7)74(90)82(14)68(55(11)19-3)64(94-15)48-65(85)84-44-30-34-63(84)69(95-16)56(12)70(86)77-62(72(88)80-97(92,93)61-39-40-61)47-57-35-37-60(38-36-57)96-75(91)83-45-41-58(42-46-83)71(87)79-76(43-18-2,49-51(4)5)59-32-28-25-23-22-24-26-29-33-59/h18,20-26,28-29,32-33,35-38,43,51-56,58,61-64,66-69H,17,19,27,30-31,34,39-42,44-50H2,1-16H3,(H,77,86)(H,78,89)(H,79,87)(H,80,88)/b21-20-,23-22?,24-22?,25-23?,26-24?,28-25?,29-26?,32-28?,33-29?,43-18-,59-32?,59-33?/t54?,55-,56+,62-,63-,64+,66-,67-,68?,69+,76?/m0/s1. The maximum Gasteiger partial charge on any atom is 0.415 e. The zero-order valence-electron chi connectivity index (χ0n) is 61.1. The average Bonchev–Trinajstić information content (AvgIpc) is 1.75. The number of likely N-dealkylation sites (tertiary alicyclic amines) is 2. The zero-order valence-corrected chi connectivity index (χ0v) is 61.9. The van der Waals surface area contributed by atoms with Crippen molar-refractivity contribution in [2.24, 2.45) is 41.4 Å². The summed E-state index contributed by atoms with van der Waals surface area (Å²) >= 11 is 0. The molecule has 4 N–H and O–H groups in total. The second-order valence-corrected chi connectivity index (χ2v) is 30.4. The van der Waals surface area contributed by atoms with Gasteiger partial charge in [0.15, 0.2) is 0 Å². The molecule has 0 radical (unpaired) electrons. The molecule has 2 aliphatic heterocycles. The third-order valence-electron chi connectivity index (χ3n) is 19.5. The molecule has 0 bridgehead atoms. The van der Waals surface area contributed by atoms with Crippen LogP contribution in [0, 0.1) is 41.4 Å². The number of carbonyl (C=O) groups excluding carboxylic acids is 7. The fraction of sp³-hybridized carbons (Fsp3) is 0.645. The second kappa shape index (κ2) is 39.2. The molecule has 540 valence electrons. The molecule has 1 aliphatic carbocycles. The summed E-state index contributed by atoms with van der Waals surface area (Å²) in [5.74, 6) is -3.26. The molecular formula is C76H118N8O12S. The van der Waals surface area contributed by atoms with Crippen LogP contribution in [0.4, 0.5) is 4.79 Å². The smallest absolute Gasteiger partial charge is 0.410 e. The molecule has 0 aromatic heterocycles. The van der Waals surface area contributed by atoms with E-state index in [1.807, 2.05) is 116 Å². The molecule has 11 atom stereocenters. The first kappa shape index (κ1) is 81.0. The van der Waals surface area contributed by atoms with Gasteiger partial charge >= 0.3 is 6.09 Å². The lowest BCUT2D eigenvalue weighted by Gasteiger charge is -2.41. The number of nitrogens with one attached hydrogen (secondary N) is 4. The lowest BCUT2D eigenvalue weighted by molar-refractivity contribution is -0.148. The van der Waals surface area contributed by atoms with Crippen LogP contribution in [0.3, 0.4) is 0 Å². The molecule has 2 aromatic rings. The van der Waals surface area contributed by atoms with E-state index in [4.69, 9.17) is 14.2 Å². The highest BCUT2D eigenvalue weighted by Gasteiger charge is 2.45. The minimum Gasteiger partial charge on any atom is -0.410 e. The van der Waals surface area contributed by atoms with E-state index in [0.29, 0.717) is 82.5 Å². The Bertz CT molecular complexity index is 3090. The molecule has 5 rings (SSSR count). The van der Waals surface area contributed by atoms with Gasteiger partial charge in [-0.15, -0.1) is 0 Å². The van der Waals surface area contributed by atoms with Crippen LogP contribution in [-0.2, 0) is 60.2 Å². The summed E-state index contributed by atoms with van der Waals surface area (Å²) in [4.78, 5) is 107. The topological polar surface area (TPSA) is 242 Å². The first-order valence-electron chi connectivity index (χ1n) is 35.6. The van der Waals surface area contributed by atoms with Gasteiger partial charge in [-0.25, -0.2) is 13.2 Å². The number of hydrogen-bond acceptors (Lipinski definition) is 13. The summed E-state index contributed by atoms with van der Waals surface area (Å²) in [5.41, 5.74) is 0.711. The number of sulfonamides is 1. The second-order valence-electron chi connectivity index (χ2n) is 28.5. The van der Waals surface area contributed by atoms with E-state index in [2.05, 4.69) is 71.5 Å². The highest BCUT2D eigenvalue weighted by Crippen LogP contribution is 2.34. The molecule has 2 aromatic carbocycles. The quantitative estimate of drug-likeness (QED) is 0.0465. The van der Waals surface area contributed by atoms with E-state index in [-0.39, 0.29) is 71.8 Å². The number of amides is 7. The normalized spacial score (nSPS) is 18.9. The molecule has 97 heavy (non-hydrogen) atoms. The van der Waals surface area contributed by atoms with Gasteiger partial charge in [0.05, 0.1) is 53.5 Å². The molecule has 21 heteroatoms. The first-order chi connectivity index (χ1) is 46.1. The summed E-state index contributed by atoms with van der Waals surface area (Å²) in [6.45, 7) is 25.7. The van der Waals surface area contributed by atoms with Crippen LogP contribution in [0.2, 0.25) is 0 Å². The number of nitrogens with zero attached hydrogens (tertiary/aromatic N) is 4. The van der Waals surface area contributed by atoms with Crippen LogP contribution in [0.15, 0.2) is 103 Å². The molecule has 2 heterocycles. The predicted octanol–water partition coefficient (Wildman–Crippen LogP) is 10.7. The van der Waals surface area contributed by atoms with Crippen molar-refractivity contribution < 1.29 is 56.2 Å². The molecule has 20 nitrogen and oxygen atoms in total. The highest BCUT2D eigenvalue weighted by atomic mass is 32.2. The Morgan fingerprint density at radius 3 is 1.92 bits per heavy atom. The van der Waals surface area contributed by atoms with Crippen LogP contribution >= 0.6 is 0 Å². The first-order valence-corrected chi connectivity index (χ1v) is 37.1. The van der Waals surface area contributed by atoms with Crippen molar-refractivity contribution in [2.45, 2.75) is 220 Å². The minimum absolute atomic E-state index is 0.0294. The summed E-state index contributed by atoms with van der Waals surface area (Å²) in [6.07, 6.45) is 13.1. The van der Waals surface area contributed by atoms with E-state index >= 15 is 0 Å². The molecule has 3 unspecified atom stereocenters. The Hall–Kier alpha value is -6.68. The predicted molar refractivity (Wildman–Crippen MR) is 383 cm³/mol. The van der Waals surface area contributed by atoms with Crippen LogP contribution in [0.25, 0.3) is 0 Å². The maximum atomic E-state index is 14.8. The van der Waals surface area contributed by atoms with Crippen molar-refractivity contribution >= 4 is 51.6 Å². The van der Waals surface area contributed by atoms with Gasteiger partial charge in [-0.2, -0.15) is 0 Å². The van der Waals surface area contributed by atoms with Gasteiger partial charge in [-0.3, -0.25) is 38.4 Å². The highest BCUT2D eigenvalue weighted by molar-refractivity contribution is 7.90. The molecule has 0 spiro atoms. The van der Waals surface area contributed by atoms with Crippen molar-refractivity contribution in [1.82, 2.24) is 40.3 Å². The van der Waals surface area contributed by atoms with Crippen LogP contribution in [-0.4, -0.2) is 172 Å². The molecule has 1 saturated carbocycles. The third-order valence-corrected chi connectivity index (χ3v) is 21.3. The van der Waals surface area contributed by atoms with Crippen molar-refractivity contribution in [2.75, 3.05) is 54.5 Å². The summed E-state index contributed by atoms with van der Waals surface area (Å²) in [7, 11) is 2.65. The van der Waals surface area contributed by atoms with E-state index < -0.39 is 87.1 Å². The van der Waals surface area contributed by atoms with Crippen molar-refractivity contribution in [3.63, 3.8) is 0 Å². The van der Waals surface area contributed by atoms with Crippen LogP contribution < -0.4 is 25.4 Å². The molecule has 3 fully saturated rings. The Morgan fingerprint density at radius 2 is 1.37 bits per heavy atom. The van der Waals surface area contributed by atoms with Crippen molar-refractivity contribution in [3.8, 4) is 5.75 Å². The van der Waals surface area contributed by atoms with E-state index in [9.17, 15) is 42.0 Å². The summed E-state index contributed by atoms with van der Waals surface area (Å²) in [6, 6.07) is 20.3. The lowest BCUT2D eigenvalue weighted by Crippen LogP contribution is -2.60. The Morgan fingerprint density at radius 1 is 0.742 bits per heavy atom. The van der Waals surface area contributed by atoms with E-state index in [1.165, 1.54) is 14.2 Å². The van der Waals surface area contributed by atoms with Gasteiger partial charge < -0.3 is 44.9 Å². The molecule has 3 aliphatic rings. The largest absolute Gasteiger partial charge is 0.415 e. The number of piperidine rings is 1. The van der Waals surface area contributed by atoms with Crippen molar-refractivity contribution in [3.05, 3.63) is 114 Å². The van der Waals surface area contributed by atoms with Crippen molar-refractivity contribution in [1.29, 1.82) is 0 Å². The molecule has 2 saturated heterocycles. The number of ether oxygens (including phenoxy) is 3. The zero-order chi connectivity index (χ0) is 71.7. The van der Waals surface area contributed by atoms with E-state index in [1.54, 1.807) is 52.9 Å². The monoisotopic (exact) mass is 1370 g/mol. The van der Waals surface area contributed by atoms with Gasteiger partial charge in [0, 0.05) is 59.8 Å². The van der Waals surface area contributed by atoms with Gasteiger partial charge in [0.25, 0.3) is 5.91 Å². The Balaban J connectivity index is 1.25. The Kier molecular flexibility index (Phi) is 32.7. The fourth-order valence-electron chi connectivity index (χ4n) is 13.9.